The summed E-state index contributed by atoms with van der Waals surface area (Å²) in [6.07, 6.45) is 11.5. The summed E-state index contributed by atoms with van der Waals surface area (Å²) in [5.41, 5.74) is 1.17. The topological polar surface area (TPSA) is 246 Å². The molecule has 19 nitrogen and oxygen atoms in total. The monoisotopic (exact) mass is 1130 g/mol. The fraction of sp³-hybridized carbons (Fsp3) is 0.776. The van der Waals surface area contributed by atoms with Crippen molar-refractivity contribution in [3.63, 3.8) is 0 Å². The van der Waals surface area contributed by atoms with E-state index >= 15 is 0 Å². The van der Waals surface area contributed by atoms with Crippen molar-refractivity contribution in [1.29, 1.82) is 0 Å². The van der Waals surface area contributed by atoms with Crippen LogP contribution < -0.4 is 0 Å². The van der Waals surface area contributed by atoms with E-state index < -0.39 is 93.5 Å². The Morgan fingerprint density at radius 1 is 0.808 bits per heavy atom. The SMILES string of the molecule is COCCOCCOCCOC1C[C@H]2CC[C@H](C)[C@](O)(O2)C(=O)C(=O)N(C)C(C)C(=O)OC([C@H](C)C[C@@H]2CC[C@@H](OCCCS(C)(=O)=O)[C@H](OC)C2)CC(=O)C(C)/C=C(\C)C(O)C(OC)C(=O)C(C)CC/C=C/C=C/C=C/1C. The van der Waals surface area contributed by atoms with E-state index in [0.29, 0.717) is 83.4 Å². The van der Waals surface area contributed by atoms with Crippen LogP contribution in [0, 0.1) is 29.6 Å². The Morgan fingerprint density at radius 3 is 2.14 bits per heavy atom. The Kier molecular flexibility index (Phi) is 30.6. The number of carbonyl (C=O) groups is 5. The molecule has 446 valence electrons. The molecule has 78 heavy (non-hydrogen) atoms. The number of hydrogen-bond acceptors (Lipinski definition) is 18. The predicted molar refractivity (Wildman–Crippen MR) is 294 cm³/mol. The molecule has 2 fully saturated rings. The van der Waals surface area contributed by atoms with Crippen LogP contribution in [-0.2, 0) is 76.4 Å². The summed E-state index contributed by atoms with van der Waals surface area (Å²) < 4.78 is 75.7. The number of fused-ring (bicyclic) bond motifs is 2. The quantitative estimate of drug-likeness (QED) is 0.0623. The minimum Gasteiger partial charge on any atom is -0.460 e. The van der Waals surface area contributed by atoms with Gasteiger partial charge < -0.3 is 57.7 Å². The van der Waals surface area contributed by atoms with Crippen LogP contribution in [0.25, 0.3) is 0 Å². The Hall–Kier alpha value is -3.54. The first-order valence-electron chi connectivity index (χ1n) is 27.8. The third-order valence-corrected chi connectivity index (χ3v) is 16.5. The highest BCUT2D eigenvalue weighted by molar-refractivity contribution is 7.90. The highest BCUT2D eigenvalue weighted by Crippen LogP contribution is 2.37. The molecular weight excluding hydrogens is 1030 g/mol. The maximum absolute atomic E-state index is 14.2. The lowest BCUT2D eigenvalue weighted by atomic mass is 9.78. The van der Waals surface area contributed by atoms with Gasteiger partial charge in [0.2, 0.25) is 5.79 Å². The lowest BCUT2D eigenvalue weighted by molar-refractivity contribution is -0.266. The van der Waals surface area contributed by atoms with Crippen molar-refractivity contribution in [1.82, 2.24) is 4.90 Å². The van der Waals surface area contributed by atoms with Gasteiger partial charge in [-0.2, -0.15) is 0 Å². The highest BCUT2D eigenvalue weighted by Gasteiger charge is 2.52. The first-order chi connectivity index (χ1) is 36.9. The molecule has 2 heterocycles. The molecular formula is C58H95NO18S. The first-order valence-corrected chi connectivity index (χ1v) is 29.9. The summed E-state index contributed by atoms with van der Waals surface area (Å²) in [6.45, 7) is 14.3. The summed E-state index contributed by atoms with van der Waals surface area (Å²) in [7, 11) is 2.69. The van der Waals surface area contributed by atoms with Crippen LogP contribution in [0.4, 0.5) is 0 Å². The van der Waals surface area contributed by atoms with Crippen molar-refractivity contribution in [3.8, 4) is 0 Å². The number of hydrogen-bond donors (Lipinski definition) is 2. The van der Waals surface area contributed by atoms with Crippen molar-refractivity contribution in [3.05, 3.63) is 47.6 Å². The van der Waals surface area contributed by atoms with Gasteiger partial charge in [-0.1, -0.05) is 64.2 Å². The van der Waals surface area contributed by atoms with Crippen LogP contribution in [-0.4, -0.2) is 194 Å². The second kappa shape index (κ2) is 34.7. The third kappa shape index (κ3) is 22.4. The number of aliphatic hydroxyl groups excluding tert-OH is 1. The van der Waals surface area contributed by atoms with Crippen LogP contribution in [0.3, 0.4) is 0 Å². The Bertz CT molecular complexity index is 2130. The van der Waals surface area contributed by atoms with Crippen LogP contribution >= 0.6 is 0 Å². The Morgan fingerprint density at radius 2 is 1.49 bits per heavy atom. The number of esters is 1. The molecule has 2 N–H and O–H groups in total. The number of carbonyl (C=O) groups excluding carboxylic acids is 5. The number of nitrogens with zero attached hydrogens (tertiary/aromatic N) is 1. The second-order valence-electron chi connectivity index (χ2n) is 21.8. The minimum atomic E-state index is -3.13. The van der Waals surface area contributed by atoms with Crippen molar-refractivity contribution in [2.45, 2.75) is 174 Å². The summed E-state index contributed by atoms with van der Waals surface area (Å²) >= 11 is 0. The molecule has 1 amide bonds. The molecule has 2 bridgehead atoms. The fourth-order valence-electron chi connectivity index (χ4n) is 10.1. The van der Waals surface area contributed by atoms with Gasteiger partial charge in [0.25, 0.3) is 11.7 Å². The van der Waals surface area contributed by atoms with Crippen LogP contribution in [0.2, 0.25) is 0 Å². The number of sulfone groups is 1. The predicted octanol–water partition coefficient (Wildman–Crippen LogP) is 5.91. The Labute approximate surface area is 465 Å². The number of aliphatic hydroxyl groups is 2. The van der Waals surface area contributed by atoms with E-state index in [9.17, 15) is 42.6 Å². The average molecular weight is 1130 g/mol. The van der Waals surface area contributed by atoms with E-state index in [0.717, 1.165) is 16.9 Å². The summed E-state index contributed by atoms with van der Waals surface area (Å²) in [5.74, 6) is -8.77. The zero-order chi connectivity index (χ0) is 58.2. The number of amides is 1. The molecule has 14 atom stereocenters. The lowest BCUT2D eigenvalue weighted by Gasteiger charge is -2.41. The normalized spacial score (nSPS) is 34.1. The third-order valence-electron chi connectivity index (χ3n) is 15.5. The number of ether oxygens (including phenoxy) is 9. The molecule has 0 aromatic rings. The van der Waals surface area contributed by atoms with Gasteiger partial charge in [-0.15, -0.1) is 0 Å². The molecule has 7 unspecified atom stereocenters. The number of ketones is 3. The molecule has 1 saturated heterocycles. The molecule has 0 spiro atoms. The van der Waals surface area contributed by atoms with Crippen molar-refractivity contribution >= 4 is 39.1 Å². The lowest BCUT2D eigenvalue weighted by Crippen LogP contribution is -2.59. The molecule has 0 aromatic carbocycles. The van der Waals surface area contributed by atoms with Crippen LogP contribution in [0.15, 0.2) is 47.6 Å². The standard InChI is InChI=1S/C58H95NO18S/c1-38-19-16-14-13-15-17-20-39(2)52(61)54(71-11)53(62)42(5)33-40(3)47(60)37-50(41(4)34-45-22-24-48(51(35-45)70-10)74-25-18-32-78(12,67)68)76-57(65)44(7)59(8)56(64)55(63)58(66)43(6)21-23-46(77-58)36-49(38)75-31-30-73-29-28-72-27-26-69-9/h13-16,19,33,39-41,43-46,48-51,53-54,62,66H,17-18,20-32,34-37H2,1-12H3/b15-13+,16-14+,38-19+,42-33+/t39?,40?,41-,43+,44?,45+,46-,48-,49?,50?,51-,53?,54?,58+/m1/s1. The van der Waals surface area contributed by atoms with Crippen molar-refractivity contribution in [2.24, 2.45) is 29.6 Å². The smallest absolute Gasteiger partial charge is 0.328 e. The molecule has 0 aromatic heterocycles. The molecule has 20 heteroatoms. The number of methoxy groups -OCH3 is 3. The largest absolute Gasteiger partial charge is 0.460 e. The van der Waals surface area contributed by atoms with Gasteiger partial charge in [0.1, 0.15) is 40.0 Å². The summed E-state index contributed by atoms with van der Waals surface area (Å²) in [5, 5.41) is 23.5. The second-order valence-corrected chi connectivity index (χ2v) is 24.0. The van der Waals surface area contributed by atoms with E-state index in [1.54, 1.807) is 48.0 Å². The van der Waals surface area contributed by atoms with Crippen molar-refractivity contribution in [2.75, 3.05) is 86.6 Å². The van der Waals surface area contributed by atoms with Gasteiger partial charge >= 0.3 is 5.97 Å². The molecule has 3 aliphatic rings. The number of rotatable bonds is 20. The number of allylic oxidation sites excluding steroid dienone is 6. The number of likely N-dealkylation sites (N-methyl/N-ethyl adjacent to an activating group) is 1. The van der Waals surface area contributed by atoms with Gasteiger partial charge in [-0.05, 0) is 102 Å². The van der Waals surface area contributed by atoms with E-state index in [1.165, 1.54) is 27.3 Å². The molecule has 3 rings (SSSR count). The van der Waals surface area contributed by atoms with E-state index in [-0.39, 0.29) is 68.1 Å². The molecule has 0 radical (unpaired) electrons. The summed E-state index contributed by atoms with van der Waals surface area (Å²) in [4.78, 5) is 71.4. The van der Waals surface area contributed by atoms with Gasteiger partial charge in [0.05, 0.1) is 69.8 Å². The zero-order valence-corrected chi connectivity index (χ0v) is 49.5. The van der Waals surface area contributed by atoms with Gasteiger partial charge in [0.15, 0.2) is 5.78 Å². The van der Waals surface area contributed by atoms with E-state index in [1.807, 2.05) is 44.2 Å². The van der Waals surface area contributed by atoms with Gasteiger partial charge in [-0.25, -0.2) is 13.2 Å². The number of cyclic esters (lactones) is 1. The molecule has 1 saturated carbocycles. The average Bonchev–Trinajstić information content (AvgIpc) is 3.40. The zero-order valence-electron chi connectivity index (χ0n) is 48.7. The van der Waals surface area contributed by atoms with E-state index in [4.69, 9.17) is 42.6 Å². The van der Waals surface area contributed by atoms with Crippen LogP contribution in [0.5, 0.6) is 0 Å². The number of Topliss-reactive ketones (excluding diaryl/α,β-unsaturated/α-hetero) is 3. The minimum absolute atomic E-state index is 0.0177. The molecule has 1 aliphatic carbocycles. The van der Waals surface area contributed by atoms with Crippen LogP contribution in [0.1, 0.15) is 119 Å². The maximum Gasteiger partial charge on any atom is 0.328 e. The fourth-order valence-corrected chi connectivity index (χ4v) is 10.7. The summed E-state index contributed by atoms with van der Waals surface area (Å²) in [6, 6.07) is -1.35. The first kappa shape index (κ1) is 68.7. The van der Waals surface area contributed by atoms with E-state index in [2.05, 4.69) is 0 Å². The van der Waals surface area contributed by atoms with Crippen molar-refractivity contribution < 1.29 is 85.2 Å². The van der Waals surface area contributed by atoms with Gasteiger partial charge in [-0.3, -0.25) is 19.2 Å². The molecule has 2 aliphatic heterocycles. The maximum atomic E-state index is 14.2. The highest BCUT2D eigenvalue weighted by atomic mass is 32.2. The van der Waals surface area contributed by atoms with Gasteiger partial charge in [0, 0.05) is 71.8 Å². The Balaban J connectivity index is 1.96.